The monoisotopic (exact) mass is 489 g/mol. The van der Waals surface area contributed by atoms with Gasteiger partial charge in [0.25, 0.3) is 0 Å². The highest BCUT2D eigenvalue weighted by Crippen LogP contribution is 2.40. The number of hydrogen-bond acceptors (Lipinski definition) is 3. The Labute approximate surface area is 201 Å². The van der Waals surface area contributed by atoms with Crippen molar-refractivity contribution in [2.75, 3.05) is 6.61 Å². The molecule has 1 aliphatic carbocycles. The predicted octanol–water partition coefficient (Wildman–Crippen LogP) is 5.64. The minimum absolute atomic E-state index is 0.111. The van der Waals surface area contributed by atoms with Gasteiger partial charge in [0.1, 0.15) is 5.54 Å². The largest absolute Gasteiger partial charge is 0.480 e. The van der Waals surface area contributed by atoms with Gasteiger partial charge in [-0.15, -0.1) is 0 Å². The van der Waals surface area contributed by atoms with E-state index in [9.17, 15) is 28.2 Å². The molecule has 0 aromatic heterocycles. The van der Waals surface area contributed by atoms with Gasteiger partial charge in [0.15, 0.2) is 5.67 Å². The Balaban J connectivity index is 1.92. The molecule has 0 heterocycles. The molecule has 0 saturated heterocycles. The molecule has 186 valence electrons. The summed E-state index contributed by atoms with van der Waals surface area (Å²) in [4.78, 5) is 11.4. The Bertz CT molecular complexity index is 1160. The van der Waals surface area contributed by atoms with Crippen molar-refractivity contribution in [2.24, 2.45) is 5.92 Å². The third-order valence-corrected chi connectivity index (χ3v) is 6.28. The zero-order valence-corrected chi connectivity index (χ0v) is 19.3. The second kappa shape index (κ2) is 10.2. The molecule has 0 spiro atoms. The summed E-state index contributed by atoms with van der Waals surface area (Å²) in [5.74, 6) is -1.95. The first-order valence-electron chi connectivity index (χ1n) is 11.0. The van der Waals surface area contributed by atoms with E-state index in [0.29, 0.717) is 5.56 Å². The number of carbonyl (C=O) groups is 1. The lowest BCUT2D eigenvalue weighted by atomic mass is 9.78. The lowest BCUT2D eigenvalue weighted by molar-refractivity contribution is -0.146. The molecule has 0 bridgehead atoms. The van der Waals surface area contributed by atoms with Gasteiger partial charge in [-0.2, -0.15) is 13.2 Å². The van der Waals surface area contributed by atoms with Crippen LogP contribution in [0.2, 0.25) is 0 Å². The van der Waals surface area contributed by atoms with Gasteiger partial charge in [-0.1, -0.05) is 61.5 Å². The first kappa shape index (κ1) is 26.4. The summed E-state index contributed by atoms with van der Waals surface area (Å²) in [5.41, 5.74) is -2.95. The topological polar surface area (TPSA) is 69.6 Å². The minimum Gasteiger partial charge on any atom is -0.480 e. The van der Waals surface area contributed by atoms with Gasteiger partial charge in [0.2, 0.25) is 0 Å². The fourth-order valence-corrected chi connectivity index (χ4v) is 3.83. The number of halogens is 4. The SMILES string of the molecule is CC1C(c2ccccc2)=CC=CC1(F)/C=C/c1cc(CNC(C)(CO)C(=O)O)ccc1C(F)(F)F. The van der Waals surface area contributed by atoms with Gasteiger partial charge in [-0.3, -0.25) is 10.1 Å². The zero-order valence-electron chi connectivity index (χ0n) is 19.3. The van der Waals surface area contributed by atoms with Gasteiger partial charge in [-0.05, 0) is 53.5 Å². The normalized spacial score (nSPS) is 22.1. The standard InChI is InChI=1S/C27H27F4NO3/c1-18-22(20-7-4-3-5-8-20)9-6-13-26(18,28)14-12-21-15-19(10-11-23(21)27(29,30)31)16-32-25(2,17-33)24(34)35/h3-15,18,32-33H,16-17H2,1-2H3,(H,34,35)/b14-12+. The van der Waals surface area contributed by atoms with E-state index in [1.807, 2.05) is 30.3 Å². The molecule has 3 N–H and O–H groups in total. The van der Waals surface area contributed by atoms with E-state index >= 15 is 4.39 Å². The number of carboxylic acid groups (broad SMARTS) is 1. The molecular weight excluding hydrogens is 462 g/mol. The molecule has 0 aliphatic heterocycles. The molecule has 0 amide bonds. The van der Waals surface area contributed by atoms with Crippen LogP contribution in [0, 0.1) is 5.92 Å². The van der Waals surface area contributed by atoms with E-state index in [-0.39, 0.29) is 12.1 Å². The highest BCUT2D eigenvalue weighted by Gasteiger charge is 2.37. The van der Waals surface area contributed by atoms with E-state index in [0.717, 1.165) is 29.4 Å². The zero-order chi connectivity index (χ0) is 25.9. The Morgan fingerprint density at radius 1 is 1.17 bits per heavy atom. The maximum atomic E-state index is 16.0. The summed E-state index contributed by atoms with van der Waals surface area (Å²) in [6, 6.07) is 12.5. The summed E-state index contributed by atoms with van der Waals surface area (Å²) in [6.45, 7) is 2.13. The van der Waals surface area contributed by atoms with Crippen molar-refractivity contribution < 1.29 is 32.6 Å². The average molecular weight is 490 g/mol. The van der Waals surface area contributed by atoms with Crippen LogP contribution in [0.25, 0.3) is 11.6 Å². The highest BCUT2D eigenvalue weighted by molar-refractivity contribution is 5.78. The number of allylic oxidation sites excluding steroid dienone is 5. The van der Waals surface area contributed by atoms with E-state index in [2.05, 4.69) is 5.32 Å². The maximum Gasteiger partial charge on any atom is 0.416 e. The number of aliphatic carboxylic acids is 1. The third-order valence-electron chi connectivity index (χ3n) is 6.28. The molecule has 3 atom stereocenters. The Morgan fingerprint density at radius 2 is 1.86 bits per heavy atom. The molecule has 0 fully saturated rings. The van der Waals surface area contributed by atoms with Gasteiger partial charge in [0.05, 0.1) is 12.2 Å². The number of carboxylic acids is 1. The summed E-state index contributed by atoms with van der Waals surface area (Å²) in [5, 5.41) is 21.3. The number of nitrogens with one attached hydrogen (secondary N) is 1. The lowest BCUT2D eigenvalue weighted by Crippen LogP contribution is -2.52. The molecule has 1 aliphatic rings. The van der Waals surface area contributed by atoms with E-state index in [1.165, 1.54) is 25.1 Å². The molecule has 2 aromatic carbocycles. The van der Waals surface area contributed by atoms with Crippen molar-refractivity contribution >= 4 is 17.6 Å². The van der Waals surface area contributed by atoms with E-state index in [1.54, 1.807) is 19.1 Å². The lowest BCUT2D eigenvalue weighted by Gasteiger charge is -2.31. The number of aliphatic hydroxyl groups is 1. The smallest absolute Gasteiger partial charge is 0.416 e. The molecule has 2 aromatic rings. The van der Waals surface area contributed by atoms with Crippen LogP contribution in [-0.4, -0.2) is 34.0 Å². The summed E-state index contributed by atoms with van der Waals surface area (Å²) < 4.78 is 56.9. The Hall–Kier alpha value is -3.23. The first-order valence-corrected chi connectivity index (χ1v) is 11.0. The quantitative estimate of drug-likeness (QED) is 0.420. The van der Waals surface area contributed by atoms with E-state index < -0.39 is 41.4 Å². The van der Waals surface area contributed by atoms with Crippen LogP contribution >= 0.6 is 0 Å². The van der Waals surface area contributed by atoms with Crippen molar-refractivity contribution in [3.8, 4) is 0 Å². The molecule has 3 unspecified atom stereocenters. The summed E-state index contributed by atoms with van der Waals surface area (Å²) >= 11 is 0. The fourth-order valence-electron chi connectivity index (χ4n) is 3.83. The Kier molecular flexibility index (Phi) is 7.67. The number of benzene rings is 2. The van der Waals surface area contributed by atoms with Gasteiger partial charge in [-0.25, -0.2) is 4.39 Å². The van der Waals surface area contributed by atoms with Crippen LogP contribution in [0.4, 0.5) is 17.6 Å². The summed E-state index contributed by atoms with van der Waals surface area (Å²) in [7, 11) is 0. The number of alkyl halides is 4. The average Bonchev–Trinajstić information content (AvgIpc) is 2.83. The van der Waals surface area contributed by atoms with Crippen LogP contribution in [0.15, 0.2) is 72.8 Å². The second-order valence-electron chi connectivity index (χ2n) is 8.80. The molecule has 8 heteroatoms. The molecule has 4 nitrogen and oxygen atoms in total. The predicted molar refractivity (Wildman–Crippen MR) is 127 cm³/mol. The van der Waals surface area contributed by atoms with E-state index in [4.69, 9.17) is 0 Å². The van der Waals surface area contributed by atoms with Gasteiger partial charge in [0, 0.05) is 12.5 Å². The van der Waals surface area contributed by atoms with Crippen molar-refractivity contribution in [1.82, 2.24) is 5.32 Å². The molecule has 3 rings (SSSR count). The minimum atomic E-state index is -4.67. The number of aliphatic hydroxyl groups excluding tert-OH is 1. The van der Waals surface area contributed by atoms with Gasteiger partial charge >= 0.3 is 12.1 Å². The van der Waals surface area contributed by atoms with Crippen molar-refractivity contribution in [3.05, 3.63) is 95.1 Å². The number of hydrogen-bond donors (Lipinski definition) is 3. The van der Waals surface area contributed by atoms with Crippen LogP contribution in [0.1, 0.15) is 36.1 Å². The molecule has 0 saturated carbocycles. The van der Waals surface area contributed by atoms with Crippen molar-refractivity contribution in [2.45, 2.75) is 37.8 Å². The van der Waals surface area contributed by atoms with Crippen molar-refractivity contribution in [1.29, 1.82) is 0 Å². The van der Waals surface area contributed by atoms with Gasteiger partial charge < -0.3 is 10.2 Å². The number of rotatable bonds is 8. The first-order chi connectivity index (χ1) is 16.4. The van der Waals surface area contributed by atoms with Crippen LogP contribution in [0.5, 0.6) is 0 Å². The third kappa shape index (κ3) is 5.89. The summed E-state index contributed by atoms with van der Waals surface area (Å²) in [6.07, 6.45) is 2.24. The fraction of sp³-hybridized carbons (Fsp3) is 0.296. The maximum absolute atomic E-state index is 16.0. The van der Waals surface area contributed by atoms with Crippen LogP contribution in [-0.2, 0) is 17.5 Å². The van der Waals surface area contributed by atoms with Crippen molar-refractivity contribution in [3.63, 3.8) is 0 Å². The molecular formula is C27H27F4NO3. The van der Waals surface area contributed by atoms with Crippen LogP contribution < -0.4 is 5.32 Å². The highest BCUT2D eigenvalue weighted by atomic mass is 19.4. The van der Waals surface area contributed by atoms with Crippen LogP contribution in [0.3, 0.4) is 0 Å². The second-order valence-corrected chi connectivity index (χ2v) is 8.80. The molecule has 35 heavy (non-hydrogen) atoms. The Morgan fingerprint density at radius 3 is 2.46 bits per heavy atom. The molecule has 0 radical (unpaired) electrons.